The van der Waals surface area contributed by atoms with E-state index in [4.69, 9.17) is 0 Å². The molecule has 0 bridgehead atoms. The Morgan fingerprint density at radius 3 is 2.52 bits per heavy atom. The Balaban J connectivity index is 1.89. The fraction of sp³-hybridized carbons (Fsp3) is 0.188. The number of nitrogens with zero attached hydrogens (tertiary/aromatic N) is 1. The number of carbonyl (C=O) groups excluding carboxylic acids is 1. The van der Waals surface area contributed by atoms with Crippen LogP contribution in [0.15, 0.2) is 48.5 Å². The van der Waals surface area contributed by atoms with Crippen molar-refractivity contribution in [3.05, 3.63) is 71.3 Å². The second-order valence-electron chi connectivity index (χ2n) is 4.75. The van der Waals surface area contributed by atoms with Crippen LogP contribution in [0.2, 0.25) is 0 Å². The lowest BCUT2D eigenvalue weighted by Gasteiger charge is -2.24. The Hall–Kier alpha value is -1.88. The summed E-state index contributed by atoms with van der Waals surface area (Å²) in [5.41, 5.74) is 0.927. The second kappa shape index (κ2) is 5.85. The third-order valence-corrected chi connectivity index (χ3v) is 4.67. The van der Waals surface area contributed by atoms with Crippen molar-refractivity contribution in [2.45, 2.75) is 5.37 Å². The molecule has 1 atom stereocenters. The van der Waals surface area contributed by atoms with Gasteiger partial charge >= 0.3 is 0 Å². The zero-order valence-electron chi connectivity index (χ0n) is 11.1. The zero-order valence-corrected chi connectivity index (χ0v) is 11.9. The normalized spacial score (nSPS) is 18.0. The minimum absolute atomic E-state index is 0.0760. The minimum Gasteiger partial charge on any atom is -0.322 e. The predicted molar refractivity (Wildman–Crippen MR) is 79.0 cm³/mol. The molecule has 2 aromatic carbocycles. The van der Waals surface area contributed by atoms with E-state index in [1.165, 1.54) is 24.3 Å². The molecule has 0 spiro atoms. The Kier molecular flexibility index (Phi) is 3.92. The summed E-state index contributed by atoms with van der Waals surface area (Å²) in [4.78, 5) is 14.2. The van der Waals surface area contributed by atoms with Gasteiger partial charge in [-0.15, -0.1) is 11.8 Å². The fourth-order valence-electron chi connectivity index (χ4n) is 2.37. The van der Waals surface area contributed by atoms with Crippen LogP contribution >= 0.6 is 11.8 Å². The molecular weight excluding hydrogens is 292 g/mol. The Bertz CT molecular complexity index is 660. The summed E-state index contributed by atoms with van der Waals surface area (Å²) in [5, 5.41) is -0.197. The highest BCUT2D eigenvalue weighted by Crippen LogP contribution is 2.38. The molecule has 0 saturated carbocycles. The van der Waals surface area contributed by atoms with Gasteiger partial charge in [0.25, 0.3) is 5.91 Å². The van der Waals surface area contributed by atoms with Crippen molar-refractivity contribution in [2.24, 2.45) is 0 Å². The molecule has 1 aliphatic rings. The molecular formula is C16H13F2NOS. The summed E-state index contributed by atoms with van der Waals surface area (Å²) in [7, 11) is 0. The van der Waals surface area contributed by atoms with Crippen LogP contribution in [0.25, 0.3) is 0 Å². The molecule has 0 N–H and O–H groups in total. The van der Waals surface area contributed by atoms with Gasteiger partial charge in [-0.25, -0.2) is 8.78 Å². The van der Waals surface area contributed by atoms with Crippen molar-refractivity contribution < 1.29 is 13.6 Å². The zero-order chi connectivity index (χ0) is 14.8. The largest absolute Gasteiger partial charge is 0.322 e. The van der Waals surface area contributed by atoms with Gasteiger partial charge in [0.05, 0.1) is 5.56 Å². The number of thioether (sulfide) groups is 1. The van der Waals surface area contributed by atoms with Crippen LogP contribution in [0.5, 0.6) is 0 Å². The quantitative estimate of drug-likeness (QED) is 0.840. The molecule has 2 nitrogen and oxygen atoms in total. The van der Waals surface area contributed by atoms with E-state index in [2.05, 4.69) is 0 Å². The first-order chi connectivity index (χ1) is 10.2. The van der Waals surface area contributed by atoms with Gasteiger partial charge in [-0.05, 0) is 29.8 Å². The summed E-state index contributed by atoms with van der Waals surface area (Å²) >= 11 is 1.60. The van der Waals surface area contributed by atoms with Gasteiger partial charge in [0.1, 0.15) is 17.0 Å². The molecule has 1 fully saturated rings. The Labute approximate surface area is 125 Å². The van der Waals surface area contributed by atoms with Crippen LogP contribution in [-0.4, -0.2) is 23.1 Å². The summed E-state index contributed by atoms with van der Waals surface area (Å²) in [6.07, 6.45) is 0. The molecule has 0 aliphatic carbocycles. The van der Waals surface area contributed by atoms with Crippen molar-refractivity contribution >= 4 is 17.7 Å². The van der Waals surface area contributed by atoms with Crippen molar-refractivity contribution in [3.8, 4) is 0 Å². The van der Waals surface area contributed by atoms with E-state index in [0.29, 0.717) is 6.54 Å². The maximum Gasteiger partial charge on any atom is 0.258 e. The number of amides is 1. The second-order valence-corrected chi connectivity index (χ2v) is 5.94. The molecule has 1 aliphatic heterocycles. The average Bonchev–Trinajstić information content (AvgIpc) is 2.97. The molecule has 1 amide bonds. The van der Waals surface area contributed by atoms with Gasteiger partial charge in [0.2, 0.25) is 0 Å². The van der Waals surface area contributed by atoms with E-state index >= 15 is 0 Å². The monoisotopic (exact) mass is 305 g/mol. The average molecular weight is 305 g/mol. The van der Waals surface area contributed by atoms with Gasteiger partial charge in [-0.1, -0.05) is 24.3 Å². The lowest BCUT2D eigenvalue weighted by atomic mass is 10.1. The third-order valence-electron chi connectivity index (χ3n) is 3.41. The molecule has 3 rings (SSSR count). The van der Waals surface area contributed by atoms with E-state index in [-0.39, 0.29) is 22.7 Å². The van der Waals surface area contributed by atoms with Gasteiger partial charge in [-0.3, -0.25) is 4.79 Å². The van der Waals surface area contributed by atoms with Gasteiger partial charge in [-0.2, -0.15) is 0 Å². The van der Waals surface area contributed by atoms with Crippen molar-refractivity contribution in [1.82, 2.24) is 4.90 Å². The molecule has 1 saturated heterocycles. The number of carbonyl (C=O) groups is 1. The standard InChI is InChI=1S/C16H13F2NOS/c17-12-7-5-11(6-8-12)16-19(9-10-21-16)15(20)13-3-1-2-4-14(13)18/h1-8,16H,9-10H2/t16-/m1/s1. The molecule has 108 valence electrons. The van der Waals surface area contributed by atoms with E-state index in [0.717, 1.165) is 11.3 Å². The lowest BCUT2D eigenvalue weighted by molar-refractivity contribution is 0.0755. The molecule has 5 heteroatoms. The van der Waals surface area contributed by atoms with E-state index < -0.39 is 5.82 Å². The number of halogens is 2. The lowest BCUT2D eigenvalue weighted by Crippen LogP contribution is -2.31. The van der Waals surface area contributed by atoms with E-state index in [1.807, 2.05) is 0 Å². The highest BCUT2D eigenvalue weighted by atomic mass is 32.2. The van der Waals surface area contributed by atoms with E-state index in [1.54, 1.807) is 40.9 Å². The number of benzene rings is 2. The molecule has 0 aromatic heterocycles. The molecule has 0 unspecified atom stereocenters. The first-order valence-electron chi connectivity index (χ1n) is 6.59. The highest BCUT2D eigenvalue weighted by Gasteiger charge is 2.32. The van der Waals surface area contributed by atoms with Crippen LogP contribution in [-0.2, 0) is 0 Å². The molecule has 2 aromatic rings. The SMILES string of the molecule is O=C(c1ccccc1F)N1CCS[C@@H]1c1ccc(F)cc1. The summed E-state index contributed by atoms with van der Waals surface area (Å²) in [5.74, 6) is -0.374. The van der Waals surface area contributed by atoms with Gasteiger partial charge < -0.3 is 4.90 Å². The third kappa shape index (κ3) is 2.78. The van der Waals surface area contributed by atoms with E-state index in [9.17, 15) is 13.6 Å². The predicted octanol–water partition coefficient (Wildman–Crippen LogP) is 3.85. The van der Waals surface area contributed by atoms with Gasteiger partial charge in [0, 0.05) is 12.3 Å². The van der Waals surface area contributed by atoms with Crippen LogP contribution in [0.4, 0.5) is 8.78 Å². The maximum absolute atomic E-state index is 13.8. The topological polar surface area (TPSA) is 20.3 Å². The van der Waals surface area contributed by atoms with Crippen molar-refractivity contribution in [1.29, 1.82) is 0 Å². The van der Waals surface area contributed by atoms with Crippen LogP contribution in [0.3, 0.4) is 0 Å². The Morgan fingerprint density at radius 1 is 1.10 bits per heavy atom. The van der Waals surface area contributed by atoms with Crippen molar-refractivity contribution in [3.63, 3.8) is 0 Å². The number of hydrogen-bond donors (Lipinski definition) is 0. The fourth-order valence-corrected chi connectivity index (χ4v) is 3.63. The smallest absolute Gasteiger partial charge is 0.258 e. The minimum atomic E-state index is -0.516. The van der Waals surface area contributed by atoms with Gasteiger partial charge in [0.15, 0.2) is 0 Å². The number of rotatable bonds is 2. The summed E-state index contributed by atoms with van der Waals surface area (Å²) < 4.78 is 26.8. The maximum atomic E-state index is 13.8. The molecule has 21 heavy (non-hydrogen) atoms. The first kappa shape index (κ1) is 14.1. The van der Waals surface area contributed by atoms with Crippen LogP contribution in [0.1, 0.15) is 21.3 Å². The van der Waals surface area contributed by atoms with Crippen molar-refractivity contribution in [2.75, 3.05) is 12.3 Å². The summed E-state index contributed by atoms with van der Waals surface area (Å²) in [6, 6.07) is 12.1. The molecule has 1 heterocycles. The number of hydrogen-bond acceptors (Lipinski definition) is 2. The highest BCUT2D eigenvalue weighted by molar-refractivity contribution is 7.99. The van der Waals surface area contributed by atoms with Crippen LogP contribution in [0, 0.1) is 11.6 Å². The molecule has 0 radical (unpaired) electrons. The Morgan fingerprint density at radius 2 is 1.81 bits per heavy atom. The van der Waals surface area contributed by atoms with Crippen LogP contribution < -0.4 is 0 Å². The summed E-state index contributed by atoms with van der Waals surface area (Å²) in [6.45, 7) is 0.555. The first-order valence-corrected chi connectivity index (χ1v) is 7.64.